The zero-order chi connectivity index (χ0) is 18.6. The molecule has 0 aliphatic carbocycles. The average molecular weight is 363 g/mol. The number of rotatable bonds is 5. The molecule has 0 aliphatic rings. The van der Waals surface area contributed by atoms with Gasteiger partial charge in [0.05, 0.1) is 5.02 Å². The molecule has 1 N–H and O–H groups in total. The summed E-state index contributed by atoms with van der Waals surface area (Å²) in [6, 6.07) is 10.2. The molecule has 5 nitrogen and oxygen atoms in total. The van der Waals surface area contributed by atoms with Gasteiger partial charge in [-0.05, 0) is 49.4 Å². The average Bonchev–Trinajstić information content (AvgIpc) is 2.56. The van der Waals surface area contributed by atoms with Crippen molar-refractivity contribution in [3.05, 3.63) is 58.9 Å². The van der Waals surface area contributed by atoms with Crippen molar-refractivity contribution in [2.75, 3.05) is 16.8 Å². The van der Waals surface area contributed by atoms with Crippen molar-refractivity contribution in [1.29, 1.82) is 0 Å². The lowest BCUT2D eigenvalue weighted by Gasteiger charge is -2.21. The van der Waals surface area contributed by atoms with Gasteiger partial charge in [-0.2, -0.15) is 0 Å². The van der Waals surface area contributed by atoms with E-state index in [1.165, 1.54) is 30.9 Å². The van der Waals surface area contributed by atoms with Gasteiger partial charge in [0.15, 0.2) is 5.78 Å². The third kappa shape index (κ3) is 4.87. The van der Waals surface area contributed by atoms with Crippen molar-refractivity contribution >= 4 is 40.6 Å². The summed E-state index contributed by atoms with van der Waals surface area (Å²) in [5.74, 6) is -1.47. The summed E-state index contributed by atoms with van der Waals surface area (Å²) in [4.78, 5) is 36.6. The van der Waals surface area contributed by atoms with Gasteiger partial charge in [0.1, 0.15) is 12.4 Å². The van der Waals surface area contributed by atoms with E-state index in [9.17, 15) is 18.8 Å². The quantitative estimate of drug-likeness (QED) is 0.825. The summed E-state index contributed by atoms with van der Waals surface area (Å²) < 4.78 is 13.1. The number of carbonyl (C=O) groups excluding carboxylic acids is 3. The third-order valence-electron chi connectivity index (χ3n) is 3.47. The first-order chi connectivity index (χ1) is 11.8. The van der Waals surface area contributed by atoms with Crippen molar-refractivity contribution in [2.45, 2.75) is 13.8 Å². The molecule has 0 unspecified atom stereocenters. The molecule has 0 radical (unpaired) electrons. The van der Waals surface area contributed by atoms with Gasteiger partial charge in [0, 0.05) is 23.9 Å². The number of nitrogens with one attached hydrogen (secondary N) is 1. The Morgan fingerprint density at radius 2 is 1.72 bits per heavy atom. The fourth-order valence-corrected chi connectivity index (χ4v) is 2.36. The van der Waals surface area contributed by atoms with Crippen molar-refractivity contribution < 1.29 is 18.8 Å². The monoisotopic (exact) mass is 362 g/mol. The van der Waals surface area contributed by atoms with Crippen molar-refractivity contribution in [3.63, 3.8) is 0 Å². The smallest absolute Gasteiger partial charge is 0.244 e. The van der Waals surface area contributed by atoms with Gasteiger partial charge in [-0.3, -0.25) is 14.4 Å². The Hall–Kier alpha value is -2.73. The molecule has 0 aromatic heterocycles. The van der Waals surface area contributed by atoms with Gasteiger partial charge in [0.25, 0.3) is 0 Å². The summed E-state index contributed by atoms with van der Waals surface area (Å²) in [6.07, 6.45) is 0. The molecule has 7 heteroatoms. The van der Waals surface area contributed by atoms with Gasteiger partial charge < -0.3 is 10.2 Å². The molecule has 0 spiro atoms. The maximum atomic E-state index is 13.1. The Bertz CT molecular complexity index is 822. The van der Waals surface area contributed by atoms with Crippen LogP contribution in [-0.2, 0) is 9.59 Å². The van der Waals surface area contributed by atoms with Crippen LogP contribution in [-0.4, -0.2) is 24.1 Å². The highest BCUT2D eigenvalue weighted by Crippen LogP contribution is 2.20. The molecular weight excluding hydrogens is 347 g/mol. The molecule has 2 aromatic rings. The highest BCUT2D eigenvalue weighted by Gasteiger charge is 2.16. The van der Waals surface area contributed by atoms with Gasteiger partial charge in [-0.15, -0.1) is 0 Å². The number of nitrogens with zero attached hydrogens (tertiary/aromatic N) is 1. The normalized spacial score (nSPS) is 10.2. The van der Waals surface area contributed by atoms with Crippen molar-refractivity contribution in [1.82, 2.24) is 0 Å². The van der Waals surface area contributed by atoms with E-state index in [2.05, 4.69) is 5.32 Å². The highest BCUT2D eigenvalue weighted by atomic mass is 35.5. The lowest BCUT2D eigenvalue weighted by molar-refractivity contribution is -0.120. The minimum Gasteiger partial charge on any atom is -0.324 e. The molecule has 2 aromatic carbocycles. The first-order valence-corrected chi connectivity index (χ1v) is 7.79. The highest BCUT2D eigenvalue weighted by molar-refractivity contribution is 6.31. The Morgan fingerprint density at radius 3 is 2.24 bits per heavy atom. The molecule has 0 bridgehead atoms. The largest absolute Gasteiger partial charge is 0.324 e. The van der Waals surface area contributed by atoms with E-state index in [0.717, 1.165) is 6.07 Å². The Labute approximate surface area is 149 Å². The number of Topliss-reactive ketones (excluding diaryl/α,β-unsaturated/α-hetero) is 1. The van der Waals surface area contributed by atoms with Crippen LogP contribution in [0.1, 0.15) is 24.2 Å². The second-order valence-corrected chi connectivity index (χ2v) is 5.79. The number of halogens is 2. The molecule has 25 heavy (non-hydrogen) atoms. The Balaban J connectivity index is 2.12. The summed E-state index contributed by atoms with van der Waals surface area (Å²) in [7, 11) is 0. The van der Waals surface area contributed by atoms with E-state index in [4.69, 9.17) is 11.6 Å². The fraction of sp³-hybridized carbons (Fsp3) is 0.167. The van der Waals surface area contributed by atoms with Crippen LogP contribution in [0.4, 0.5) is 15.8 Å². The number of anilines is 2. The SMILES string of the molecule is CC(=O)c1ccc(N(CC(=O)Nc2ccc(F)c(Cl)c2)C(C)=O)cc1. The summed E-state index contributed by atoms with van der Waals surface area (Å²) in [5.41, 5.74) is 1.33. The minimum absolute atomic E-state index is 0.0909. The minimum atomic E-state index is -0.587. The van der Waals surface area contributed by atoms with E-state index in [0.29, 0.717) is 16.9 Å². The standard InChI is InChI=1S/C18H16ClFN2O3/c1-11(23)13-3-6-15(7-4-13)22(12(2)24)10-18(25)21-14-5-8-17(20)16(19)9-14/h3-9H,10H2,1-2H3,(H,21,25). The maximum absolute atomic E-state index is 13.1. The molecule has 0 fully saturated rings. The summed E-state index contributed by atoms with van der Waals surface area (Å²) >= 11 is 5.67. The van der Waals surface area contributed by atoms with E-state index in [1.807, 2.05) is 0 Å². The molecule has 0 aliphatic heterocycles. The van der Waals surface area contributed by atoms with Gasteiger partial charge in [-0.1, -0.05) is 11.6 Å². The van der Waals surface area contributed by atoms with Crippen molar-refractivity contribution in [2.24, 2.45) is 0 Å². The molecule has 0 saturated heterocycles. The fourth-order valence-electron chi connectivity index (χ4n) is 2.18. The van der Waals surface area contributed by atoms with Crippen LogP contribution in [0.5, 0.6) is 0 Å². The molecule has 0 saturated carbocycles. The first-order valence-electron chi connectivity index (χ1n) is 7.42. The zero-order valence-electron chi connectivity index (χ0n) is 13.7. The Kier molecular flexibility index (Phi) is 5.88. The van der Waals surface area contributed by atoms with Crippen molar-refractivity contribution in [3.8, 4) is 0 Å². The predicted molar refractivity (Wildman–Crippen MR) is 94.5 cm³/mol. The van der Waals surface area contributed by atoms with Crippen LogP contribution >= 0.6 is 11.6 Å². The molecule has 0 atom stereocenters. The van der Waals surface area contributed by atoms with Crippen LogP contribution in [0.15, 0.2) is 42.5 Å². The molecule has 2 rings (SSSR count). The third-order valence-corrected chi connectivity index (χ3v) is 3.76. The lowest BCUT2D eigenvalue weighted by Crippen LogP contribution is -2.36. The number of ketones is 1. The number of hydrogen-bond acceptors (Lipinski definition) is 3. The van der Waals surface area contributed by atoms with E-state index >= 15 is 0 Å². The number of benzene rings is 2. The number of hydrogen-bond donors (Lipinski definition) is 1. The molecule has 2 amide bonds. The van der Waals surface area contributed by atoms with Crippen LogP contribution < -0.4 is 10.2 Å². The number of amides is 2. The first kappa shape index (κ1) is 18.6. The second kappa shape index (κ2) is 7.90. The van der Waals surface area contributed by atoms with E-state index in [-0.39, 0.29) is 23.3 Å². The Morgan fingerprint density at radius 1 is 1.08 bits per heavy atom. The van der Waals surface area contributed by atoms with Gasteiger partial charge >= 0.3 is 0 Å². The second-order valence-electron chi connectivity index (χ2n) is 5.39. The van der Waals surface area contributed by atoms with E-state index < -0.39 is 11.7 Å². The molecule has 130 valence electrons. The van der Waals surface area contributed by atoms with Crippen LogP contribution in [0.3, 0.4) is 0 Å². The van der Waals surface area contributed by atoms with Gasteiger partial charge in [0.2, 0.25) is 11.8 Å². The molecule has 0 heterocycles. The lowest BCUT2D eigenvalue weighted by atomic mass is 10.1. The van der Waals surface area contributed by atoms with Crippen LogP contribution in [0, 0.1) is 5.82 Å². The van der Waals surface area contributed by atoms with Gasteiger partial charge in [-0.25, -0.2) is 4.39 Å². The number of carbonyl (C=O) groups is 3. The zero-order valence-corrected chi connectivity index (χ0v) is 14.4. The topological polar surface area (TPSA) is 66.5 Å². The van der Waals surface area contributed by atoms with Crippen LogP contribution in [0.25, 0.3) is 0 Å². The molecular formula is C18H16ClFN2O3. The van der Waals surface area contributed by atoms with E-state index in [1.54, 1.807) is 24.3 Å². The summed E-state index contributed by atoms with van der Waals surface area (Å²) in [5, 5.41) is 2.45. The van der Waals surface area contributed by atoms with Crippen LogP contribution in [0.2, 0.25) is 5.02 Å². The predicted octanol–water partition coefficient (Wildman–Crippen LogP) is 3.67. The maximum Gasteiger partial charge on any atom is 0.244 e. The summed E-state index contributed by atoms with van der Waals surface area (Å²) in [6.45, 7) is 2.55.